The van der Waals surface area contributed by atoms with Gasteiger partial charge in [-0.2, -0.15) is 18.3 Å². The van der Waals surface area contributed by atoms with Gasteiger partial charge in [-0.3, -0.25) is 9.59 Å². The lowest BCUT2D eigenvalue weighted by Crippen LogP contribution is -2.31. The first-order chi connectivity index (χ1) is 13.2. The first-order valence-electron chi connectivity index (χ1n) is 8.02. The van der Waals surface area contributed by atoms with Crippen LogP contribution in [-0.4, -0.2) is 30.8 Å². The predicted octanol–water partition coefficient (Wildman–Crippen LogP) is 1.90. The molecule has 28 heavy (non-hydrogen) atoms. The minimum Gasteiger partial charge on any atom is -0.387 e. The SMILES string of the molecule is CC(O)c1nn(CC(=O)Nc2ccncn2)c(=O)c2ccc(C(F)(F)F)cc12. The molecule has 2 heterocycles. The third-order valence-corrected chi connectivity index (χ3v) is 3.85. The maximum Gasteiger partial charge on any atom is 0.416 e. The molecule has 1 unspecified atom stereocenters. The molecule has 0 aliphatic rings. The van der Waals surface area contributed by atoms with E-state index in [1.807, 2.05) is 0 Å². The summed E-state index contributed by atoms with van der Waals surface area (Å²) < 4.78 is 39.7. The monoisotopic (exact) mass is 393 g/mol. The van der Waals surface area contributed by atoms with Crippen LogP contribution in [0, 0.1) is 0 Å². The molecule has 0 saturated carbocycles. The Bertz CT molecular complexity index is 1080. The van der Waals surface area contributed by atoms with Crippen LogP contribution in [0.5, 0.6) is 0 Å². The number of fused-ring (bicyclic) bond motifs is 1. The number of aromatic nitrogens is 4. The number of carbonyl (C=O) groups excluding carboxylic acids is 1. The van der Waals surface area contributed by atoms with E-state index in [1.54, 1.807) is 0 Å². The third kappa shape index (κ3) is 3.98. The number of amides is 1. The molecule has 0 radical (unpaired) electrons. The molecule has 146 valence electrons. The fourth-order valence-corrected chi connectivity index (χ4v) is 2.59. The summed E-state index contributed by atoms with van der Waals surface area (Å²) in [6.07, 6.45) is -3.24. The molecule has 0 aliphatic carbocycles. The Kier molecular flexibility index (Phi) is 5.10. The molecule has 1 amide bonds. The minimum atomic E-state index is -4.61. The van der Waals surface area contributed by atoms with Crippen molar-refractivity contribution in [3.05, 3.63) is 58.4 Å². The third-order valence-electron chi connectivity index (χ3n) is 3.85. The van der Waals surface area contributed by atoms with Crippen LogP contribution in [0.1, 0.15) is 24.3 Å². The molecule has 0 spiro atoms. The standard InChI is InChI=1S/C17H14F3N5O3/c1-9(26)15-12-6-10(17(18,19)20)2-3-11(12)16(28)25(24-15)7-14(27)23-13-4-5-21-8-22-13/h2-6,8-9,26H,7H2,1H3,(H,21,22,23,27). The number of nitrogens with zero attached hydrogens (tertiary/aromatic N) is 4. The van der Waals surface area contributed by atoms with E-state index >= 15 is 0 Å². The average molecular weight is 393 g/mol. The summed E-state index contributed by atoms with van der Waals surface area (Å²) >= 11 is 0. The van der Waals surface area contributed by atoms with Gasteiger partial charge in [0.1, 0.15) is 18.7 Å². The molecule has 8 nitrogen and oxygen atoms in total. The Labute approximate surface area is 155 Å². The molecule has 0 aliphatic heterocycles. The van der Waals surface area contributed by atoms with Gasteiger partial charge in [-0.05, 0) is 31.2 Å². The lowest BCUT2D eigenvalue weighted by atomic mass is 10.0. The van der Waals surface area contributed by atoms with Crippen molar-refractivity contribution >= 4 is 22.5 Å². The van der Waals surface area contributed by atoms with E-state index in [0.717, 1.165) is 22.9 Å². The molecule has 3 aromatic rings. The van der Waals surface area contributed by atoms with Gasteiger partial charge in [-0.15, -0.1) is 0 Å². The average Bonchev–Trinajstić information content (AvgIpc) is 2.63. The van der Waals surface area contributed by atoms with Crippen molar-refractivity contribution in [1.29, 1.82) is 0 Å². The molecule has 11 heteroatoms. The van der Waals surface area contributed by atoms with Crippen LogP contribution < -0.4 is 10.9 Å². The summed E-state index contributed by atoms with van der Waals surface area (Å²) in [5.74, 6) is -0.421. The van der Waals surface area contributed by atoms with Gasteiger partial charge < -0.3 is 10.4 Å². The Morgan fingerprint density at radius 1 is 1.29 bits per heavy atom. The Balaban J connectivity index is 2.03. The number of aliphatic hydroxyl groups excluding tert-OH is 1. The van der Waals surface area contributed by atoms with Crippen molar-refractivity contribution < 1.29 is 23.1 Å². The molecular weight excluding hydrogens is 379 g/mol. The van der Waals surface area contributed by atoms with Gasteiger partial charge >= 0.3 is 6.18 Å². The van der Waals surface area contributed by atoms with Crippen molar-refractivity contribution in [1.82, 2.24) is 19.7 Å². The largest absolute Gasteiger partial charge is 0.416 e. The lowest BCUT2D eigenvalue weighted by molar-refractivity contribution is -0.137. The zero-order chi connectivity index (χ0) is 20.5. The number of nitrogens with one attached hydrogen (secondary N) is 1. The fourth-order valence-electron chi connectivity index (χ4n) is 2.59. The first kappa shape index (κ1) is 19.4. The van der Waals surface area contributed by atoms with Crippen molar-refractivity contribution in [2.45, 2.75) is 25.7 Å². The number of benzene rings is 1. The molecule has 2 aromatic heterocycles. The Morgan fingerprint density at radius 2 is 2.04 bits per heavy atom. The van der Waals surface area contributed by atoms with Crippen LogP contribution in [0.4, 0.5) is 19.0 Å². The molecule has 3 rings (SSSR count). The quantitative estimate of drug-likeness (QED) is 0.701. The van der Waals surface area contributed by atoms with Crippen LogP contribution in [-0.2, 0) is 17.5 Å². The number of hydrogen-bond donors (Lipinski definition) is 2. The number of aliphatic hydroxyl groups is 1. The van der Waals surface area contributed by atoms with E-state index in [2.05, 4.69) is 20.4 Å². The van der Waals surface area contributed by atoms with Gasteiger partial charge in [0.05, 0.1) is 22.7 Å². The van der Waals surface area contributed by atoms with E-state index in [0.29, 0.717) is 0 Å². The number of carbonyl (C=O) groups is 1. The molecule has 2 N–H and O–H groups in total. The molecule has 0 saturated heterocycles. The van der Waals surface area contributed by atoms with Gasteiger partial charge in [0, 0.05) is 11.6 Å². The van der Waals surface area contributed by atoms with Gasteiger partial charge in [0.25, 0.3) is 5.56 Å². The second-order valence-electron chi connectivity index (χ2n) is 5.92. The van der Waals surface area contributed by atoms with E-state index in [1.165, 1.54) is 25.5 Å². The maximum atomic E-state index is 13.0. The number of rotatable bonds is 4. The molecule has 1 atom stereocenters. The highest BCUT2D eigenvalue weighted by Crippen LogP contribution is 2.32. The summed E-state index contributed by atoms with van der Waals surface area (Å²) in [6, 6.07) is 3.97. The molecular formula is C17H14F3N5O3. The van der Waals surface area contributed by atoms with Gasteiger partial charge in [0.2, 0.25) is 5.91 Å². The van der Waals surface area contributed by atoms with Crippen molar-refractivity contribution in [2.24, 2.45) is 0 Å². The highest BCUT2D eigenvalue weighted by Gasteiger charge is 2.31. The zero-order valence-corrected chi connectivity index (χ0v) is 14.4. The fraction of sp³-hybridized carbons (Fsp3) is 0.235. The second-order valence-corrected chi connectivity index (χ2v) is 5.92. The van der Waals surface area contributed by atoms with Crippen LogP contribution >= 0.6 is 0 Å². The van der Waals surface area contributed by atoms with Crippen LogP contribution in [0.2, 0.25) is 0 Å². The Morgan fingerprint density at radius 3 is 2.64 bits per heavy atom. The minimum absolute atomic E-state index is 0.0891. The normalized spacial score (nSPS) is 12.8. The van der Waals surface area contributed by atoms with Gasteiger partial charge in [-0.1, -0.05) is 0 Å². The highest BCUT2D eigenvalue weighted by atomic mass is 19.4. The number of anilines is 1. The summed E-state index contributed by atoms with van der Waals surface area (Å²) in [5.41, 5.74) is -1.87. The summed E-state index contributed by atoms with van der Waals surface area (Å²) in [6.45, 7) is 0.789. The zero-order valence-electron chi connectivity index (χ0n) is 14.4. The predicted molar refractivity (Wildman–Crippen MR) is 92.3 cm³/mol. The maximum absolute atomic E-state index is 13.0. The number of hydrogen-bond acceptors (Lipinski definition) is 6. The number of halogens is 3. The van der Waals surface area contributed by atoms with E-state index in [4.69, 9.17) is 0 Å². The lowest BCUT2D eigenvalue weighted by Gasteiger charge is -2.14. The van der Waals surface area contributed by atoms with E-state index in [9.17, 15) is 27.9 Å². The summed E-state index contributed by atoms with van der Waals surface area (Å²) in [7, 11) is 0. The van der Waals surface area contributed by atoms with E-state index < -0.39 is 35.9 Å². The van der Waals surface area contributed by atoms with Gasteiger partial charge in [-0.25, -0.2) is 14.6 Å². The molecule has 0 fully saturated rings. The van der Waals surface area contributed by atoms with E-state index in [-0.39, 0.29) is 22.3 Å². The van der Waals surface area contributed by atoms with Crippen LogP contribution in [0.3, 0.4) is 0 Å². The molecule has 1 aromatic carbocycles. The second kappa shape index (κ2) is 7.35. The smallest absolute Gasteiger partial charge is 0.387 e. The molecule has 0 bridgehead atoms. The first-order valence-corrected chi connectivity index (χ1v) is 8.02. The van der Waals surface area contributed by atoms with Crippen molar-refractivity contribution in [2.75, 3.05) is 5.32 Å². The van der Waals surface area contributed by atoms with Crippen molar-refractivity contribution in [3.63, 3.8) is 0 Å². The summed E-state index contributed by atoms with van der Waals surface area (Å²) in [4.78, 5) is 32.3. The van der Waals surface area contributed by atoms with Crippen LogP contribution in [0.25, 0.3) is 10.8 Å². The Hall–Kier alpha value is -3.34. The van der Waals surface area contributed by atoms with Crippen molar-refractivity contribution in [3.8, 4) is 0 Å². The number of alkyl halides is 3. The highest BCUT2D eigenvalue weighted by molar-refractivity contribution is 5.90. The van der Waals surface area contributed by atoms with Gasteiger partial charge in [0.15, 0.2) is 0 Å². The topological polar surface area (TPSA) is 110 Å². The van der Waals surface area contributed by atoms with Crippen LogP contribution in [0.15, 0.2) is 41.6 Å². The summed E-state index contributed by atoms with van der Waals surface area (Å²) in [5, 5.41) is 16.1.